The van der Waals surface area contributed by atoms with Gasteiger partial charge in [0.2, 0.25) is 0 Å². The monoisotopic (exact) mass is 257 g/mol. The zero-order valence-corrected chi connectivity index (χ0v) is 10.7. The number of fused-ring (bicyclic) bond motifs is 1. The topological polar surface area (TPSA) is 60.8 Å². The normalized spacial score (nSPS) is 43.9. The summed E-state index contributed by atoms with van der Waals surface area (Å²) in [6, 6.07) is 0. The maximum atomic E-state index is 10.8. The molecule has 2 aliphatic rings. The lowest BCUT2D eigenvalue weighted by molar-refractivity contribution is -0.228. The fraction of sp³-hybridized carbons (Fsp3) is 0.727. The molecule has 0 aliphatic carbocycles. The Balaban J connectivity index is 1.99. The van der Waals surface area contributed by atoms with E-state index in [0.29, 0.717) is 5.01 Å². The van der Waals surface area contributed by atoms with Crippen LogP contribution in [0, 0.1) is 0 Å². The van der Waals surface area contributed by atoms with Gasteiger partial charge >= 0.3 is 0 Å². The van der Waals surface area contributed by atoms with Crippen LogP contribution >= 0.6 is 11.3 Å². The number of aliphatic hydroxyl groups is 1. The molecule has 17 heavy (non-hydrogen) atoms. The van der Waals surface area contributed by atoms with Crippen molar-refractivity contribution in [1.29, 1.82) is 0 Å². The summed E-state index contributed by atoms with van der Waals surface area (Å²) in [6.07, 6.45) is 0.200. The second-order valence-electron chi connectivity index (χ2n) is 4.87. The van der Waals surface area contributed by atoms with Gasteiger partial charge in [0.15, 0.2) is 17.7 Å². The molecule has 3 rings (SSSR count). The molecule has 2 aliphatic heterocycles. The van der Waals surface area contributed by atoms with Crippen molar-refractivity contribution in [3.8, 4) is 0 Å². The minimum Gasteiger partial charge on any atom is -0.377 e. The van der Waals surface area contributed by atoms with Crippen molar-refractivity contribution in [2.75, 3.05) is 0 Å². The van der Waals surface area contributed by atoms with Crippen molar-refractivity contribution in [3.05, 3.63) is 16.6 Å². The number of hydrogen-bond acceptors (Lipinski definition) is 6. The van der Waals surface area contributed by atoms with Crippen molar-refractivity contribution in [1.82, 2.24) is 4.98 Å². The zero-order chi connectivity index (χ0) is 12.3. The van der Waals surface area contributed by atoms with Crippen LogP contribution < -0.4 is 0 Å². The minimum atomic E-state index is -1.23. The van der Waals surface area contributed by atoms with Gasteiger partial charge in [0, 0.05) is 11.6 Å². The molecule has 0 radical (unpaired) electrons. The summed E-state index contributed by atoms with van der Waals surface area (Å²) in [5.74, 6) is -0.735. The molecule has 0 aromatic carbocycles. The lowest BCUT2D eigenvalue weighted by atomic mass is 9.94. The van der Waals surface area contributed by atoms with E-state index < -0.39 is 29.9 Å². The quantitative estimate of drug-likeness (QED) is 0.820. The molecule has 1 N–H and O–H groups in total. The first kappa shape index (κ1) is 11.6. The summed E-state index contributed by atoms with van der Waals surface area (Å²) in [5.41, 5.74) is -1.23. The summed E-state index contributed by atoms with van der Waals surface area (Å²) < 4.78 is 17.0. The number of hydrogen-bond donors (Lipinski definition) is 1. The molecular formula is C11H15NO4S. The highest BCUT2D eigenvalue weighted by Crippen LogP contribution is 2.48. The number of nitrogens with zero attached hydrogens (tertiary/aromatic N) is 1. The summed E-state index contributed by atoms with van der Waals surface area (Å²) in [4.78, 5) is 4.18. The average Bonchev–Trinajstić information content (AvgIpc) is 2.88. The molecule has 4 atom stereocenters. The Labute approximate surface area is 103 Å². The van der Waals surface area contributed by atoms with E-state index in [1.54, 1.807) is 13.1 Å². The third-order valence-electron chi connectivity index (χ3n) is 3.22. The lowest BCUT2D eigenvalue weighted by Gasteiger charge is -2.30. The summed E-state index contributed by atoms with van der Waals surface area (Å²) in [6.45, 7) is 5.42. The van der Waals surface area contributed by atoms with Crippen LogP contribution in [-0.4, -0.2) is 34.4 Å². The van der Waals surface area contributed by atoms with Gasteiger partial charge in [0.05, 0.1) is 6.10 Å². The zero-order valence-electron chi connectivity index (χ0n) is 9.91. The highest BCUT2D eigenvalue weighted by molar-refractivity contribution is 7.09. The molecule has 1 aromatic rings. The van der Waals surface area contributed by atoms with Gasteiger partial charge in [-0.15, -0.1) is 11.3 Å². The van der Waals surface area contributed by atoms with Crippen LogP contribution in [0.2, 0.25) is 0 Å². The largest absolute Gasteiger partial charge is 0.377 e. The molecule has 5 nitrogen and oxygen atoms in total. The molecule has 94 valence electrons. The van der Waals surface area contributed by atoms with Gasteiger partial charge in [0.25, 0.3) is 0 Å². The van der Waals surface area contributed by atoms with Crippen LogP contribution in [0.4, 0.5) is 0 Å². The molecule has 1 aromatic heterocycles. The average molecular weight is 257 g/mol. The van der Waals surface area contributed by atoms with E-state index in [4.69, 9.17) is 14.2 Å². The van der Waals surface area contributed by atoms with Crippen molar-refractivity contribution in [2.45, 2.75) is 50.7 Å². The molecule has 2 saturated heterocycles. The smallest absolute Gasteiger partial charge is 0.190 e. The summed E-state index contributed by atoms with van der Waals surface area (Å²) >= 11 is 1.40. The Hall–Kier alpha value is -0.530. The first-order valence-corrected chi connectivity index (χ1v) is 6.45. The molecule has 0 spiro atoms. The predicted octanol–water partition coefficient (Wildman–Crippen LogP) is 1.23. The lowest BCUT2D eigenvalue weighted by Crippen LogP contribution is -2.45. The standard InChI is InChI=1S/C11H15NO4S/c1-6-11(13,9-12-4-5-17-9)7-8(14-6)16-10(2,3)15-7/h4-8,13H,1-3H3/t6-,7+,8-,11+/m0/s1. The Morgan fingerprint density at radius 1 is 1.41 bits per heavy atom. The number of thiazole rings is 1. The van der Waals surface area contributed by atoms with Crippen molar-refractivity contribution >= 4 is 11.3 Å². The van der Waals surface area contributed by atoms with E-state index in [1.807, 2.05) is 19.2 Å². The van der Waals surface area contributed by atoms with Gasteiger partial charge < -0.3 is 19.3 Å². The van der Waals surface area contributed by atoms with Crippen LogP contribution in [0.5, 0.6) is 0 Å². The van der Waals surface area contributed by atoms with Crippen LogP contribution in [0.25, 0.3) is 0 Å². The van der Waals surface area contributed by atoms with Crippen molar-refractivity contribution in [2.24, 2.45) is 0 Å². The van der Waals surface area contributed by atoms with Crippen molar-refractivity contribution < 1.29 is 19.3 Å². The fourth-order valence-corrected chi connectivity index (χ4v) is 3.22. The molecule has 3 heterocycles. The maximum absolute atomic E-state index is 10.8. The highest BCUT2D eigenvalue weighted by atomic mass is 32.1. The van der Waals surface area contributed by atoms with E-state index in [2.05, 4.69) is 4.98 Å². The second-order valence-corrected chi connectivity index (χ2v) is 5.76. The third kappa shape index (κ3) is 1.56. The third-order valence-corrected chi connectivity index (χ3v) is 4.14. The second kappa shape index (κ2) is 3.49. The Kier molecular flexibility index (Phi) is 2.37. The Morgan fingerprint density at radius 2 is 2.18 bits per heavy atom. The van der Waals surface area contributed by atoms with Crippen LogP contribution in [0.15, 0.2) is 11.6 Å². The summed E-state index contributed by atoms with van der Waals surface area (Å²) in [5, 5.41) is 13.3. The summed E-state index contributed by atoms with van der Waals surface area (Å²) in [7, 11) is 0. The molecule has 0 amide bonds. The number of ether oxygens (including phenoxy) is 3. The number of aromatic nitrogens is 1. The molecule has 6 heteroatoms. The van der Waals surface area contributed by atoms with E-state index in [0.717, 1.165) is 0 Å². The first-order chi connectivity index (χ1) is 7.93. The SMILES string of the molecule is C[C@@H]1O[C@H]2OC(C)(C)O[C@H]2[C@@]1(O)c1nccs1. The van der Waals surface area contributed by atoms with Gasteiger partial charge in [-0.05, 0) is 20.8 Å². The van der Waals surface area contributed by atoms with Gasteiger partial charge in [-0.3, -0.25) is 0 Å². The van der Waals surface area contributed by atoms with Gasteiger partial charge in [-0.2, -0.15) is 0 Å². The molecule has 0 saturated carbocycles. The maximum Gasteiger partial charge on any atom is 0.190 e. The molecule has 0 bridgehead atoms. The Morgan fingerprint density at radius 3 is 2.82 bits per heavy atom. The van der Waals surface area contributed by atoms with E-state index in [1.165, 1.54) is 11.3 Å². The van der Waals surface area contributed by atoms with Gasteiger partial charge in [-0.1, -0.05) is 0 Å². The number of rotatable bonds is 1. The first-order valence-electron chi connectivity index (χ1n) is 5.57. The highest BCUT2D eigenvalue weighted by Gasteiger charge is 2.63. The van der Waals surface area contributed by atoms with Crippen LogP contribution in [-0.2, 0) is 19.8 Å². The Bertz CT molecular complexity index is 421. The van der Waals surface area contributed by atoms with Gasteiger partial charge in [-0.25, -0.2) is 4.98 Å². The fourth-order valence-electron chi connectivity index (χ4n) is 2.38. The molecule has 2 fully saturated rings. The van der Waals surface area contributed by atoms with Crippen molar-refractivity contribution in [3.63, 3.8) is 0 Å². The van der Waals surface area contributed by atoms with E-state index in [-0.39, 0.29) is 0 Å². The minimum absolute atomic E-state index is 0.403. The van der Waals surface area contributed by atoms with Crippen LogP contribution in [0.3, 0.4) is 0 Å². The van der Waals surface area contributed by atoms with E-state index in [9.17, 15) is 5.11 Å². The predicted molar refractivity (Wildman–Crippen MR) is 60.4 cm³/mol. The molecular weight excluding hydrogens is 242 g/mol. The van der Waals surface area contributed by atoms with E-state index >= 15 is 0 Å². The molecule has 0 unspecified atom stereocenters. The van der Waals surface area contributed by atoms with Crippen LogP contribution in [0.1, 0.15) is 25.8 Å². The van der Waals surface area contributed by atoms with Gasteiger partial charge in [0.1, 0.15) is 11.1 Å².